The molecular formula is C14H11BrClN3OS. The van der Waals surface area contributed by atoms with E-state index in [0.29, 0.717) is 10.2 Å². The van der Waals surface area contributed by atoms with Crippen molar-refractivity contribution in [1.82, 2.24) is 15.2 Å². The van der Waals surface area contributed by atoms with Gasteiger partial charge in [0.05, 0.1) is 14.5 Å². The molecule has 0 fully saturated rings. The van der Waals surface area contributed by atoms with E-state index < -0.39 is 0 Å². The molecule has 3 heterocycles. The van der Waals surface area contributed by atoms with Crippen LogP contribution in [-0.4, -0.2) is 15.2 Å². The standard InChI is InChI=1S/C14H11BrClN3OS/c15-10-4-5-11(17-14(10)20)12-7-8(18-19-12)1-2-9-3-6-13(16)21-9/h3-7H,1-2H2,(H,17,20)(H,18,19). The Morgan fingerprint density at radius 2 is 2.10 bits per heavy atom. The fourth-order valence-electron chi connectivity index (χ4n) is 1.98. The van der Waals surface area contributed by atoms with Crippen molar-refractivity contribution in [1.29, 1.82) is 0 Å². The molecule has 108 valence electrons. The van der Waals surface area contributed by atoms with Gasteiger partial charge in [0.1, 0.15) is 5.69 Å². The predicted molar refractivity (Wildman–Crippen MR) is 89.1 cm³/mol. The Balaban J connectivity index is 1.73. The summed E-state index contributed by atoms with van der Waals surface area (Å²) in [6.07, 6.45) is 1.76. The van der Waals surface area contributed by atoms with E-state index in [9.17, 15) is 4.79 Å². The lowest BCUT2D eigenvalue weighted by molar-refractivity contribution is 0.904. The van der Waals surface area contributed by atoms with Crippen molar-refractivity contribution in [2.45, 2.75) is 12.8 Å². The van der Waals surface area contributed by atoms with E-state index >= 15 is 0 Å². The molecule has 0 aromatic carbocycles. The van der Waals surface area contributed by atoms with E-state index in [0.717, 1.165) is 28.6 Å². The highest BCUT2D eigenvalue weighted by Gasteiger charge is 2.07. The van der Waals surface area contributed by atoms with Crippen LogP contribution in [0.1, 0.15) is 10.6 Å². The lowest BCUT2D eigenvalue weighted by atomic mass is 10.2. The number of halogens is 2. The number of pyridine rings is 1. The molecule has 0 amide bonds. The fourth-order valence-corrected chi connectivity index (χ4v) is 3.30. The Morgan fingerprint density at radius 1 is 1.24 bits per heavy atom. The minimum Gasteiger partial charge on any atom is -0.320 e. The summed E-state index contributed by atoms with van der Waals surface area (Å²) in [6, 6.07) is 9.44. The van der Waals surface area contributed by atoms with Crippen LogP contribution in [-0.2, 0) is 12.8 Å². The third-order valence-electron chi connectivity index (χ3n) is 3.04. The maximum Gasteiger partial charge on any atom is 0.262 e. The quantitative estimate of drug-likeness (QED) is 0.713. The molecule has 3 aromatic heterocycles. The van der Waals surface area contributed by atoms with Crippen molar-refractivity contribution < 1.29 is 0 Å². The van der Waals surface area contributed by atoms with Crippen LogP contribution in [0.15, 0.2) is 39.6 Å². The number of H-pyrrole nitrogens is 2. The third-order valence-corrected chi connectivity index (χ3v) is 4.95. The molecule has 3 aromatic rings. The third kappa shape index (κ3) is 3.45. The summed E-state index contributed by atoms with van der Waals surface area (Å²) in [4.78, 5) is 15.6. The molecule has 0 aliphatic carbocycles. The minimum absolute atomic E-state index is 0.162. The highest BCUT2D eigenvalue weighted by molar-refractivity contribution is 9.10. The first-order valence-electron chi connectivity index (χ1n) is 6.29. The lowest BCUT2D eigenvalue weighted by Gasteiger charge is -1.96. The van der Waals surface area contributed by atoms with Crippen molar-refractivity contribution >= 4 is 38.9 Å². The van der Waals surface area contributed by atoms with Crippen molar-refractivity contribution in [3.63, 3.8) is 0 Å². The van der Waals surface area contributed by atoms with Gasteiger partial charge in [-0.25, -0.2) is 0 Å². The van der Waals surface area contributed by atoms with E-state index in [2.05, 4.69) is 31.1 Å². The first-order chi connectivity index (χ1) is 10.1. The van der Waals surface area contributed by atoms with Crippen LogP contribution < -0.4 is 5.56 Å². The Kier molecular flexibility index (Phi) is 4.28. The average molecular weight is 385 g/mol. The second-order valence-corrected chi connectivity index (χ2v) is 7.19. The highest BCUT2D eigenvalue weighted by atomic mass is 79.9. The normalized spacial score (nSPS) is 11.0. The fraction of sp³-hybridized carbons (Fsp3) is 0.143. The van der Waals surface area contributed by atoms with Gasteiger partial charge >= 0.3 is 0 Å². The first-order valence-corrected chi connectivity index (χ1v) is 8.28. The second-order valence-electron chi connectivity index (χ2n) is 4.53. The molecule has 0 radical (unpaired) electrons. The number of nitrogens with one attached hydrogen (secondary N) is 2. The Bertz CT molecular complexity index is 823. The van der Waals surface area contributed by atoms with Gasteiger partial charge in [0.15, 0.2) is 0 Å². The number of aromatic amines is 2. The Hall–Kier alpha value is -1.37. The number of rotatable bonds is 4. The van der Waals surface area contributed by atoms with Crippen molar-refractivity contribution in [2.24, 2.45) is 0 Å². The molecule has 4 nitrogen and oxygen atoms in total. The molecule has 0 saturated carbocycles. The van der Waals surface area contributed by atoms with Gasteiger partial charge in [-0.15, -0.1) is 11.3 Å². The summed E-state index contributed by atoms with van der Waals surface area (Å²) in [6.45, 7) is 0. The second kappa shape index (κ2) is 6.17. The van der Waals surface area contributed by atoms with Crippen LogP contribution in [0.2, 0.25) is 4.34 Å². The summed E-state index contributed by atoms with van der Waals surface area (Å²) in [5.74, 6) is 0. The van der Waals surface area contributed by atoms with Crippen LogP contribution >= 0.6 is 38.9 Å². The molecule has 0 aliphatic rings. The number of aryl methyl sites for hydroxylation is 2. The van der Waals surface area contributed by atoms with Gasteiger partial charge in [0, 0.05) is 10.6 Å². The SMILES string of the molecule is O=c1[nH]c(-c2cc(CCc3ccc(Cl)s3)[nH]n2)ccc1Br. The molecule has 0 spiro atoms. The molecule has 2 N–H and O–H groups in total. The van der Waals surface area contributed by atoms with E-state index in [1.165, 1.54) is 4.88 Å². The van der Waals surface area contributed by atoms with Crippen LogP contribution in [0.4, 0.5) is 0 Å². The zero-order valence-corrected chi connectivity index (χ0v) is 14.0. The smallest absolute Gasteiger partial charge is 0.262 e. The maximum atomic E-state index is 11.6. The van der Waals surface area contributed by atoms with Crippen LogP contribution in [0.5, 0.6) is 0 Å². The Morgan fingerprint density at radius 3 is 2.81 bits per heavy atom. The van der Waals surface area contributed by atoms with E-state index in [1.54, 1.807) is 17.4 Å². The molecular weight excluding hydrogens is 374 g/mol. The first kappa shape index (κ1) is 14.6. The highest BCUT2D eigenvalue weighted by Crippen LogP contribution is 2.23. The molecule has 0 aliphatic heterocycles. The van der Waals surface area contributed by atoms with Gasteiger partial charge in [0.2, 0.25) is 0 Å². The number of hydrogen-bond donors (Lipinski definition) is 2. The summed E-state index contributed by atoms with van der Waals surface area (Å²) in [5.41, 5.74) is 2.30. The van der Waals surface area contributed by atoms with Crippen molar-refractivity contribution in [3.05, 3.63) is 60.1 Å². The van der Waals surface area contributed by atoms with Crippen LogP contribution in [0.25, 0.3) is 11.4 Å². The monoisotopic (exact) mass is 383 g/mol. The zero-order chi connectivity index (χ0) is 14.8. The minimum atomic E-state index is -0.162. The molecule has 0 bridgehead atoms. The molecule has 0 saturated heterocycles. The van der Waals surface area contributed by atoms with Gasteiger partial charge in [-0.3, -0.25) is 9.89 Å². The molecule has 0 unspecified atom stereocenters. The van der Waals surface area contributed by atoms with Crippen LogP contribution in [0.3, 0.4) is 0 Å². The van der Waals surface area contributed by atoms with Gasteiger partial charge in [0.25, 0.3) is 5.56 Å². The van der Waals surface area contributed by atoms with Gasteiger partial charge in [-0.1, -0.05) is 11.6 Å². The number of hydrogen-bond acceptors (Lipinski definition) is 3. The predicted octanol–water partition coefficient (Wildman–Crippen LogP) is 4.03. The average Bonchev–Trinajstić information content (AvgIpc) is 3.08. The maximum absolute atomic E-state index is 11.6. The number of nitrogens with zero attached hydrogens (tertiary/aromatic N) is 1. The number of thiophene rings is 1. The molecule has 0 atom stereocenters. The van der Waals surface area contributed by atoms with Gasteiger partial charge in [-0.05, 0) is 59.1 Å². The van der Waals surface area contributed by atoms with Gasteiger partial charge in [-0.2, -0.15) is 5.10 Å². The van der Waals surface area contributed by atoms with Crippen molar-refractivity contribution in [3.8, 4) is 11.4 Å². The van der Waals surface area contributed by atoms with E-state index in [1.807, 2.05) is 24.3 Å². The van der Waals surface area contributed by atoms with E-state index in [-0.39, 0.29) is 5.56 Å². The summed E-state index contributed by atoms with van der Waals surface area (Å²) in [5, 5.41) is 7.24. The van der Waals surface area contributed by atoms with Gasteiger partial charge < -0.3 is 4.98 Å². The molecule has 3 rings (SSSR count). The number of aromatic nitrogens is 3. The van der Waals surface area contributed by atoms with E-state index in [4.69, 9.17) is 11.6 Å². The summed E-state index contributed by atoms with van der Waals surface area (Å²) in [7, 11) is 0. The molecule has 7 heteroatoms. The van der Waals surface area contributed by atoms with Crippen molar-refractivity contribution in [2.75, 3.05) is 0 Å². The zero-order valence-electron chi connectivity index (χ0n) is 10.8. The van der Waals surface area contributed by atoms with Crippen LogP contribution in [0, 0.1) is 0 Å². The topological polar surface area (TPSA) is 61.5 Å². The Labute approximate surface area is 138 Å². The molecule has 21 heavy (non-hydrogen) atoms. The lowest BCUT2D eigenvalue weighted by Crippen LogP contribution is -2.06. The largest absolute Gasteiger partial charge is 0.320 e. The summed E-state index contributed by atoms with van der Waals surface area (Å²) >= 11 is 10.7. The summed E-state index contributed by atoms with van der Waals surface area (Å²) < 4.78 is 1.32.